The average molecular weight is 257 g/mol. The third kappa shape index (κ3) is 2.30. The topological polar surface area (TPSA) is 81.3 Å². The highest BCUT2D eigenvalue weighted by molar-refractivity contribution is 5.62. The van der Waals surface area contributed by atoms with Crippen LogP contribution in [-0.4, -0.2) is 28.2 Å². The first-order chi connectivity index (χ1) is 9.28. The van der Waals surface area contributed by atoms with Crippen molar-refractivity contribution in [1.82, 2.24) is 9.97 Å². The molecule has 0 spiro atoms. The predicted molar refractivity (Wildman–Crippen MR) is 70.7 cm³/mol. The Hall–Kier alpha value is -1.98. The zero-order valence-corrected chi connectivity index (χ0v) is 10.4. The summed E-state index contributed by atoms with van der Waals surface area (Å²) in [6.07, 6.45) is 1.74. The summed E-state index contributed by atoms with van der Waals surface area (Å²) in [6, 6.07) is 7.82. The molecule has 1 aromatic carbocycles. The van der Waals surface area contributed by atoms with Gasteiger partial charge < -0.3 is 15.6 Å². The van der Waals surface area contributed by atoms with Gasteiger partial charge in [-0.05, 0) is 29.8 Å². The number of nitrogens with two attached hydrogens (primary N) is 1. The van der Waals surface area contributed by atoms with Crippen LogP contribution in [-0.2, 0) is 6.42 Å². The summed E-state index contributed by atoms with van der Waals surface area (Å²) in [7, 11) is 0. The predicted octanol–water partition coefficient (Wildman–Crippen LogP) is 1.07. The van der Waals surface area contributed by atoms with Gasteiger partial charge in [-0.3, -0.25) is 0 Å². The Labute approximate surface area is 111 Å². The first kappa shape index (κ1) is 12.1. The number of hydrogen-bond acceptors (Lipinski definition) is 5. The van der Waals surface area contributed by atoms with E-state index in [1.165, 1.54) is 5.56 Å². The lowest BCUT2D eigenvalue weighted by Crippen LogP contribution is -2.14. The van der Waals surface area contributed by atoms with Crippen molar-refractivity contribution in [3.63, 3.8) is 0 Å². The minimum Gasteiger partial charge on any atom is -0.493 e. The van der Waals surface area contributed by atoms with Crippen LogP contribution >= 0.6 is 0 Å². The molecule has 1 atom stereocenters. The Morgan fingerprint density at radius 1 is 1.37 bits per heavy atom. The maximum Gasteiger partial charge on any atom is 0.158 e. The monoisotopic (exact) mass is 257 g/mol. The second-order valence-electron chi connectivity index (χ2n) is 4.47. The highest BCUT2D eigenvalue weighted by atomic mass is 16.5. The third-order valence-corrected chi connectivity index (χ3v) is 3.18. The van der Waals surface area contributed by atoms with Crippen LogP contribution in [0.1, 0.15) is 17.5 Å². The van der Waals surface area contributed by atoms with Crippen LogP contribution in [0, 0.1) is 0 Å². The number of ether oxygens (including phenoxy) is 1. The number of hydrogen-bond donors (Lipinski definition) is 2. The van der Waals surface area contributed by atoms with E-state index in [0.717, 1.165) is 30.0 Å². The standard InChI is InChI=1S/C14H15N3O2/c15-8-12(18)14-16-5-3-11(17-14)9-1-2-13-10(7-9)4-6-19-13/h1-3,5,7,12,18H,4,6,8,15H2. The summed E-state index contributed by atoms with van der Waals surface area (Å²) in [5, 5.41) is 9.69. The fourth-order valence-corrected chi connectivity index (χ4v) is 2.15. The van der Waals surface area contributed by atoms with Crippen LogP contribution in [0.15, 0.2) is 30.5 Å². The first-order valence-electron chi connectivity index (χ1n) is 6.25. The number of rotatable bonds is 3. The molecule has 1 aliphatic rings. The van der Waals surface area contributed by atoms with Gasteiger partial charge in [0.15, 0.2) is 5.82 Å². The van der Waals surface area contributed by atoms with Gasteiger partial charge in [-0.1, -0.05) is 0 Å². The van der Waals surface area contributed by atoms with Gasteiger partial charge in [0.1, 0.15) is 11.9 Å². The molecule has 1 aliphatic heterocycles. The Morgan fingerprint density at radius 3 is 3.11 bits per heavy atom. The molecule has 1 aromatic heterocycles. The quantitative estimate of drug-likeness (QED) is 0.859. The van der Waals surface area contributed by atoms with Gasteiger partial charge in [-0.15, -0.1) is 0 Å². The average Bonchev–Trinajstić information content (AvgIpc) is 2.94. The molecule has 3 N–H and O–H groups in total. The van der Waals surface area contributed by atoms with Crippen molar-refractivity contribution >= 4 is 0 Å². The summed E-state index contributed by atoms with van der Waals surface area (Å²) in [5.41, 5.74) is 8.39. The second kappa shape index (κ2) is 4.95. The van der Waals surface area contributed by atoms with Crippen molar-refractivity contribution in [3.05, 3.63) is 41.9 Å². The van der Waals surface area contributed by atoms with Gasteiger partial charge in [0.25, 0.3) is 0 Å². The zero-order valence-electron chi connectivity index (χ0n) is 10.4. The molecule has 0 fully saturated rings. The molecule has 0 radical (unpaired) electrons. The third-order valence-electron chi connectivity index (χ3n) is 3.18. The van der Waals surface area contributed by atoms with E-state index in [0.29, 0.717) is 5.82 Å². The lowest BCUT2D eigenvalue weighted by atomic mass is 10.1. The van der Waals surface area contributed by atoms with Crippen LogP contribution in [0.4, 0.5) is 0 Å². The van der Waals surface area contributed by atoms with Crippen molar-refractivity contribution in [2.24, 2.45) is 5.73 Å². The molecule has 0 saturated heterocycles. The van der Waals surface area contributed by atoms with Gasteiger partial charge in [-0.25, -0.2) is 9.97 Å². The number of aliphatic hydroxyl groups excluding tert-OH is 1. The number of fused-ring (bicyclic) bond motifs is 1. The largest absolute Gasteiger partial charge is 0.493 e. The second-order valence-corrected chi connectivity index (χ2v) is 4.47. The molecule has 0 bridgehead atoms. The van der Waals surface area contributed by atoms with Gasteiger partial charge >= 0.3 is 0 Å². The Morgan fingerprint density at radius 2 is 2.26 bits per heavy atom. The maximum absolute atomic E-state index is 9.69. The van der Waals surface area contributed by atoms with E-state index in [2.05, 4.69) is 16.0 Å². The van der Waals surface area contributed by atoms with Gasteiger partial charge in [0.2, 0.25) is 0 Å². The fraction of sp³-hybridized carbons (Fsp3) is 0.286. The van der Waals surface area contributed by atoms with Crippen molar-refractivity contribution in [2.75, 3.05) is 13.2 Å². The van der Waals surface area contributed by atoms with Crippen LogP contribution in [0.2, 0.25) is 0 Å². The summed E-state index contributed by atoms with van der Waals surface area (Å²) in [6.45, 7) is 0.848. The van der Waals surface area contributed by atoms with E-state index in [-0.39, 0.29) is 6.54 Å². The van der Waals surface area contributed by atoms with Gasteiger partial charge in [0, 0.05) is 24.7 Å². The summed E-state index contributed by atoms with van der Waals surface area (Å²) in [4.78, 5) is 8.40. The summed E-state index contributed by atoms with van der Waals surface area (Å²) < 4.78 is 5.48. The lowest BCUT2D eigenvalue weighted by molar-refractivity contribution is 0.176. The van der Waals surface area contributed by atoms with Crippen LogP contribution in [0.25, 0.3) is 11.3 Å². The number of aromatic nitrogens is 2. The highest BCUT2D eigenvalue weighted by Crippen LogP contribution is 2.29. The van der Waals surface area contributed by atoms with Crippen molar-refractivity contribution in [3.8, 4) is 17.0 Å². The molecular formula is C14H15N3O2. The molecule has 98 valence electrons. The SMILES string of the molecule is NCC(O)c1nccc(-c2ccc3c(c2)CCO3)n1. The van der Waals surface area contributed by atoms with E-state index in [9.17, 15) is 5.11 Å². The molecule has 0 amide bonds. The Balaban J connectivity index is 1.98. The Bertz CT molecular complexity index is 601. The molecule has 1 unspecified atom stereocenters. The van der Waals surface area contributed by atoms with Crippen LogP contribution in [0.3, 0.4) is 0 Å². The molecular weight excluding hydrogens is 242 g/mol. The molecule has 3 rings (SSSR count). The fourth-order valence-electron chi connectivity index (χ4n) is 2.15. The van der Waals surface area contributed by atoms with Crippen LogP contribution < -0.4 is 10.5 Å². The van der Waals surface area contributed by atoms with E-state index >= 15 is 0 Å². The van der Waals surface area contributed by atoms with Gasteiger partial charge in [-0.2, -0.15) is 0 Å². The molecule has 5 heteroatoms. The highest BCUT2D eigenvalue weighted by Gasteiger charge is 2.14. The van der Waals surface area contributed by atoms with E-state index in [4.69, 9.17) is 10.5 Å². The minimum absolute atomic E-state index is 0.113. The molecule has 2 heterocycles. The van der Waals surface area contributed by atoms with E-state index in [1.807, 2.05) is 18.2 Å². The first-order valence-corrected chi connectivity index (χ1v) is 6.25. The molecule has 19 heavy (non-hydrogen) atoms. The molecule has 0 aliphatic carbocycles. The number of benzene rings is 1. The van der Waals surface area contributed by atoms with E-state index in [1.54, 1.807) is 6.20 Å². The number of nitrogens with zero attached hydrogens (tertiary/aromatic N) is 2. The zero-order chi connectivity index (χ0) is 13.2. The van der Waals surface area contributed by atoms with Crippen molar-refractivity contribution in [2.45, 2.75) is 12.5 Å². The normalized spacial score (nSPS) is 14.8. The lowest BCUT2D eigenvalue weighted by Gasteiger charge is -2.08. The van der Waals surface area contributed by atoms with Crippen molar-refractivity contribution in [1.29, 1.82) is 0 Å². The molecule has 5 nitrogen and oxygen atoms in total. The number of aliphatic hydroxyl groups is 1. The Kier molecular flexibility index (Phi) is 3.15. The summed E-state index contributed by atoms with van der Waals surface area (Å²) >= 11 is 0. The van der Waals surface area contributed by atoms with Crippen LogP contribution in [0.5, 0.6) is 5.75 Å². The van der Waals surface area contributed by atoms with Crippen molar-refractivity contribution < 1.29 is 9.84 Å². The molecule has 0 saturated carbocycles. The summed E-state index contributed by atoms with van der Waals surface area (Å²) in [5.74, 6) is 1.30. The molecule has 2 aromatic rings. The minimum atomic E-state index is -0.822. The van der Waals surface area contributed by atoms with E-state index < -0.39 is 6.10 Å². The smallest absolute Gasteiger partial charge is 0.158 e. The van der Waals surface area contributed by atoms with Gasteiger partial charge in [0.05, 0.1) is 12.3 Å². The maximum atomic E-state index is 9.69.